The minimum absolute atomic E-state index is 0.252. The van der Waals surface area contributed by atoms with Crippen LogP contribution in [0.4, 0.5) is 0 Å². The molecule has 5 nitrogen and oxygen atoms in total. The van der Waals surface area contributed by atoms with Crippen molar-refractivity contribution in [2.75, 3.05) is 33.0 Å². The molecule has 1 aliphatic heterocycles. The highest BCUT2D eigenvalue weighted by Gasteiger charge is 2.13. The molecule has 1 heterocycles. The lowest BCUT2D eigenvalue weighted by Gasteiger charge is -2.03. The maximum Gasteiger partial charge on any atom is 0.231 e. The predicted molar refractivity (Wildman–Crippen MR) is 61.8 cm³/mol. The summed E-state index contributed by atoms with van der Waals surface area (Å²) in [6.07, 6.45) is 0. The molecule has 0 aliphatic carbocycles. The standard InChI is InChI=1S/C12H18N2O3/c15-6-5-13-3-4-14-8-10-1-2-11-12(7-10)17-9-16-11/h1-2,7,13-15H,3-6,8-9H2/p+2. The number of hydrogen-bond donors (Lipinski definition) is 3. The highest BCUT2D eigenvalue weighted by atomic mass is 16.7. The summed E-state index contributed by atoms with van der Waals surface area (Å²) < 4.78 is 10.6. The summed E-state index contributed by atoms with van der Waals surface area (Å²) in [6, 6.07) is 6.07. The summed E-state index contributed by atoms with van der Waals surface area (Å²) in [5.41, 5.74) is 1.25. The van der Waals surface area contributed by atoms with Gasteiger partial charge in [0.05, 0.1) is 13.2 Å². The van der Waals surface area contributed by atoms with Crippen molar-refractivity contribution in [3.63, 3.8) is 0 Å². The molecular formula is C12H20N2O3+2. The zero-order valence-corrected chi connectivity index (χ0v) is 9.89. The minimum atomic E-state index is 0.252. The normalized spacial score (nSPS) is 13.0. The van der Waals surface area contributed by atoms with Gasteiger partial charge in [-0.25, -0.2) is 0 Å². The van der Waals surface area contributed by atoms with E-state index in [4.69, 9.17) is 14.6 Å². The molecular weight excluding hydrogens is 220 g/mol. The first-order chi connectivity index (χ1) is 8.40. The Morgan fingerprint density at radius 2 is 1.88 bits per heavy atom. The van der Waals surface area contributed by atoms with E-state index in [1.165, 1.54) is 5.56 Å². The van der Waals surface area contributed by atoms with Gasteiger partial charge < -0.3 is 25.2 Å². The molecule has 94 valence electrons. The molecule has 1 aliphatic rings. The average Bonchev–Trinajstić information content (AvgIpc) is 2.81. The first-order valence-corrected chi connectivity index (χ1v) is 6.03. The Balaban J connectivity index is 1.69. The lowest BCUT2D eigenvalue weighted by molar-refractivity contribution is -0.731. The number of aliphatic hydroxyl groups is 1. The van der Waals surface area contributed by atoms with E-state index in [1.807, 2.05) is 12.1 Å². The monoisotopic (exact) mass is 240 g/mol. The maximum atomic E-state index is 8.62. The Morgan fingerprint density at radius 1 is 1.06 bits per heavy atom. The van der Waals surface area contributed by atoms with Crippen LogP contribution in [-0.2, 0) is 6.54 Å². The number of fused-ring (bicyclic) bond motifs is 1. The van der Waals surface area contributed by atoms with Crippen molar-refractivity contribution >= 4 is 0 Å². The van der Waals surface area contributed by atoms with Crippen LogP contribution >= 0.6 is 0 Å². The molecule has 0 radical (unpaired) electrons. The van der Waals surface area contributed by atoms with Crippen molar-refractivity contribution in [2.24, 2.45) is 0 Å². The van der Waals surface area contributed by atoms with Crippen LogP contribution in [0.25, 0.3) is 0 Å². The molecule has 0 spiro atoms. The first-order valence-electron chi connectivity index (χ1n) is 6.03. The quantitative estimate of drug-likeness (QED) is 0.484. The Bertz CT molecular complexity index is 358. The lowest BCUT2D eigenvalue weighted by Crippen LogP contribution is -2.94. The third kappa shape index (κ3) is 3.59. The van der Waals surface area contributed by atoms with E-state index in [0.29, 0.717) is 6.79 Å². The van der Waals surface area contributed by atoms with E-state index in [0.717, 1.165) is 37.7 Å². The van der Waals surface area contributed by atoms with Gasteiger partial charge in [0.25, 0.3) is 0 Å². The van der Waals surface area contributed by atoms with Crippen molar-refractivity contribution in [2.45, 2.75) is 6.54 Å². The van der Waals surface area contributed by atoms with Gasteiger partial charge in [-0.15, -0.1) is 0 Å². The van der Waals surface area contributed by atoms with Gasteiger partial charge in [0.15, 0.2) is 11.5 Å². The molecule has 0 saturated heterocycles. The second kappa shape index (κ2) is 6.44. The second-order valence-corrected chi connectivity index (χ2v) is 4.06. The van der Waals surface area contributed by atoms with Gasteiger partial charge in [0, 0.05) is 5.56 Å². The Kier molecular flexibility index (Phi) is 4.61. The largest absolute Gasteiger partial charge is 0.454 e. The lowest BCUT2D eigenvalue weighted by atomic mass is 10.2. The molecule has 2 rings (SSSR count). The summed E-state index contributed by atoms with van der Waals surface area (Å²) in [4.78, 5) is 0. The molecule has 0 fully saturated rings. The maximum absolute atomic E-state index is 8.62. The molecule has 1 aromatic rings. The van der Waals surface area contributed by atoms with Crippen LogP contribution in [0.3, 0.4) is 0 Å². The number of quaternary nitrogens is 2. The van der Waals surface area contributed by atoms with Gasteiger partial charge in [0.2, 0.25) is 6.79 Å². The number of hydrogen-bond acceptors (Lipinski definition) is 3. The van der Waals surface area contributed by atoms with Crippen LogP contribution in [0.1, 0.15) is 5.56 Å². The van der Waals surface area contributed by atoms with Gasteiger partial charge in [-0.05, 0) is 18.2 Å². The van der Waals surface area contributed by atoms with Crippen LogP contribution in [0.5, 0.6) is 11.5 Å². The zero-order valence-electron chi connectivity index (χ0n) is 9.89. The van der Waals surface area contributed by atoms with E-state index in [-0.39, 0.29) is 6.61 Å². The smallest absolute Gasteiger partial charge is 0.231 e. The summed E-state index contributed by atoms with van der Waals surface area (Å²) >= 11 is 0. The van der Waals surface area contributed by atoms with Crippen LogP contribution in [0.15, 0.2) is 18.2 Å². The molecule has 0 amide bonds. The van der Waals surface area contributed by atoms with Crippen LogP contribution < -0.4 is 20.1 Å². The molecule has 0 atom stereocenters. The third-order valence-corrected chi connectivity index (χ3v) is 2.73. The Hall–Kier alpha value is -1.30. The van der Waals surface area contributed by atoms with Crippen molar-refractivity contribution in [1.29, 1.82) is 0 Å². The Morgan fingerprint density at radius 3 is 2.76 bits per heavy atom. The van der Waals surface area contributed by atoms with E-state index in [9.17, 15) is 0 Å². The van der Waals surface area contributed by atoms with Gasteiger partial charge in [0.1, 0.15) is 19.6 Å². The average molecular weight is 240 g/mol. The van der Waals surface area contributed by atoms with Crippen molar-refractivity contribution < 1.29 is 25.2 Å². The van der Waals surface area contributed by atoms with Crippen molar-refractivity contribution in [3.05, 3.63) is 23.8 Å². The van der Waals surface area contributed by atoms with Gasteiger partial charge >= 0.3 is 0 Å². The topological polar surface area (TPSA) is 71.9 Å². The fraction of sp³-hybridized carbons (Fsp3) is 0.500. The summed E-state index contributed by atoms with van der Waals surface area (Å²) in [5.74, 6) is 1.69. The summed E-state index contributed by atoms with van der Waals surface area (Å²) in [5, 5.41) is 13.0. The van der Waals surface area contributed by atoms with E-state index in [1.54, 1.807) is 0 Å². The molecule has 1 aromatic carbocycles. The van der Waals surface area contributed by atoms with Gasteiger partial charge in [-0.3, -0.25) is 0 Å². The molecule has 0 aromatic heterocycles. The summed E-state index contributed by atoms with van der Waals surface area (Å²) in [6.45, 7) is 4.40. The number of rotatable bonds is 7. The van der Waals surface area contributed by atoms with Crippen LogP contribution in [-0.4, -0.2) is 38.1 Å². The van der Waals surface area contributed by atoms with E-state index in [2.05, 4.69) is 16.7 Å². The second-order valence-electron chi connectivity index (χ2n) is 4.06. The molecule has 0 unspecified atom stereocenters. The van der Waals surface area contributed by atoms with Gasteiger partial charge in [-0.1, -0.05) is 0 Å². The number of aliphatic hydroxyl groups excluding tert-OH is 1. The molecule has 17 heavy (non-hydrogen) atoms. The minimum Gasteiger partial charge on any atom is -0.454 e. The number of nitrogens with two attached hydrogens (primary N) is 2. The number of benzene rings is 1. The van der Waals surface area contributed by atoms with E-state index < -0.39 is 0 Å². The third-order valence-electron chi connectivity index (χ3n) is 2.73. The van der Waals surface area contributed by atoms with Crippen molar-refractivity contribution in [1.82, 2.24) is 0 Å². The highest BCUT2D eigenvalue weighted by molar-refractivity contribution is 5.44. The fourth-order valence-corrected chi connectivity index (χ4v) is 1.81. The zero-order chi connectivity index (χ0) is 11.9. The van der Waals surface area contributed by atoms with E-state index >= 15 is 0 Å². The fourth-order valence-electron chi connectivity index (χ4n) is 1.81. The SMILES string of the molecule is OCC[NH2+]CC[NH2+]Cc1ccc2c(c1)OCO2. The molecule has 5 N–H and O–H groups in total. The molecule has 0 saturated carbocycles. The predicted octanol–water partition coefficient (Wildman–Crippen LogP) is -1.97. The molecule has 5 heteroatoms. The highest BCUT2D eigenvalue weighted by Crippen LogP contribution is 2.32. The first kappa shape index (κ1) is 12.2. The van der Waals surface area contributed by atoms with Gasteiger partial charge in [-0.2, -0.15) is 0 Å². The van der Waals surface area contributed by atoms with Crippen LogP contribution in [0.2, 0.25) is 0 Å². The number of ether oxygens (including phenoxy) is 2. The Labute approximate surface area is 101 Å². The van der Waals surface area contributed by atoms with Crippen molar-refractivity contribution in [3.8, 4) is 11.5 Å². The summed E-state index contributed by atoms with van der Waals surface area (Å²) in [7, 11) is 0. The van der Waals surface area contributed by atoms with Crippen LogP contribution in [0, 0.1) is 0 Å². The molecule has 0 bridgehead atoms.